The van der Waals surface area contributed by atoms with Crippen molar-refractivity contribution in [1.82, 2.24) is 5.32 Å². The van der Waals surface area contributed by atoms with Gasteiger partial charge in [0.1, 0.15) is 0 Å². The molecule has 6 heteroatoms. The molecule has 494 valence electrons. The molecule has 0 spiro atoms. The van der Waals surface area contributed by atoms with Gasteiger partial charge in [0, 0.05) is 12.8 Å². The van der Waals surface area contributed by atoms with Crippen molar-refractivity contribution in [2.75, 3.05) is 13.2 Å². The number of aliphatic hydroxyl groups is 2. The molecule has 0 saturated carbocycles. The zero-order valence-electron chi connectivity index (χ0n) is 56.7. The number of carbonyl (C=O) groups excluding carboxylic acids is 2. The minimum absolute atomic E-state index is 0.0231. The molecule has 0 aliphatic carbocycles. The van der Waals surface area contributed by atoms with Gasteiger partial charge in [-0.1, -0.05) is 411 Å². The Morgan fingerprint density at radius 3 is 0.819 bits per heavy atom. The first kappa shape index (κ1) is 81.6. The highest BCUT2D eigenvalue weighted by Crippen LogP contribution is 2.20. The quantitative estimate of drug-likeness (QED) is 0.0320. The Balaban J connectivity index is 3.35. The number of amides is 1. The molecule has 0 heterocycles. The smallest absolute Gasteiger partial charge is 0.305 e. The van der Waals surface area contributed by atoms with E-state index in [0.717, 1.165) is 38.5 Å². The second kappa shape index (κ2) is 73.1. The zero-order valence-corrected chi connectivity index (χ0v) is 56.7. The van der Waals surface area contributed by atoms with Crippen molar-refractivity contribution in [2.24, 2.45) is 0 Å². The summed E-state index contributed by atoms with van der Waals surface area (Å²) in [4.78, 5) is 24.6. The van der Waals surface area contributed by atoms with Gasteiger partial charge in [-0.05, 0) is 32.1 Å². The summed E-state index contributed by atoms with van der Waals surface area (Å²) < 4.78 is 5.50. The number of ether oxygens (including phenoxy) is 1. The number of rotatable bonds is 73. The van der Waals surface area contributed by atoms with Crippen LogP contribution in [0.15, 0.2) is 12.2 Å². The van der Waals surface area contributed by atoms with E-state index < -0.39 is 12.1 Å². The van der Waals surface area contributed by atoms with Gasteiger partial charge < -0.3 is 20.3 Å². The minimum atomic E-state index is -0.842. The van der Waals surface area contributed by atoms with Crippen LogP contribution in [0.2, 0.25) is 0 Å². The van der Waals surface area contributed by atoms with Crippen molar-refractivity contribution in [3.8, 4) is 0 Å². The molecule has 0 aromatic heterocycles. The van der Waals surface area contributed by atoms with Gasteiger partial charge in [-0.15, -0.1) is 0 Å². The molecule has 3 N–H and O–H groups in total. The van der Waals surface area contributed by atoms with Crippen LogP contribution >= 0.6 is 0 Å². The van der Waals surface area contributed by atoms with Gasteiger partial charge in [0.15, 0.2) is 0 Å². The molecule has 0 rings (SSSR count). The monoisotopic (exact) mass is 1170 g/mol. The lowest BCUT2D eigenvalue weighted by atomic mass is 10.0. The Bertz CT molecular complexity index is 1260. The second-order valence-electron chi connectivity index (χ2n) is 26.7. The van der Waals surface area contributed by atoms with E-state index in [-0.39, 0.29) is 18.5 Å². The molecule has 0 aliphatic heterocycles. The van der Waals surface area contributed by atoms with Crippen LogP contribution in [0.5, 0.6) is 0 Å². The van der Waals surface area contributed by atoms with Crippen molar-refractivity contribution < 1.29 is 24.5 Å². The summed E-state index contributed by atoms with van der Waals surface area (Å²) in [6.45, 7) is 4.96. The van der Waals surface area contributed by atoms with Crippen molar-refractivity contribution in [2.45, 2.75) is 456 Å². The van der Waals surface area contributed by atoms with E-state index >= 15 is 0 Å². The summed E-state index contributed by atoms with van der Waals surface area (Å²) in [6.07, 6.45) is 91.8. The fraction of sp³-hybridized carbons (Fsp3) is 0.948. The van der Waals surface area contributed by atoms with Crippen LogP contribution < -0.4 is 5.32 Å². The first-order valence-electron chi connectivity index (χ1n) is 38.5. The average molecular weight is 1170 g/mol. The first-order chi connectivity index (χ1) is 41.0. The molecule has 0 saturated heterocycles. The Morgan fingerprint density at radius 1 is 0.325 bits per heavy atom. The summed E-state index contributed by atoms with van der Waals surface area (Å²) in [5.41, 5.74) is 0. The predicted molar refractivity (Wildman–Crippen MR) is 366 cm³/mol. The number of unbranched alkanes of at least 4 members (excludes halogenated alkanes) is 62. The summed E-state index contributed by atoms with van der Waals surface area (Å²) in [6, 6.07) is -0.625. The maximum Gasteiger partial charge on any atom is 0.305 e. The van der Waals surface area contributed by atoms with Crippen molar-refractivity contribution in [3.05, 3.63) is 12.2 Å². The van der Waals surface area contributed by atoms with E-state index in [9.17, 15) is 19.8 Å². The molecule has 0 aromatic rings. The van der Waals surface area contributed by atoms with E-state index in [2.05, 4.69) is 19.2 Å². The largest absolute Gasteiger partial charge is 0.466 e. The first-order valence-corrected chi connectivity index (χ1v) is 38.5. The van der Waals surface area contributed by atoms with Gasteiger partial charge in [0.2, 0.25) is 5.91 Å². The van der Waals surface area contributed by atoms with E-state index in [0.29, 0.717) is 19.4 Å². The van der Waals surface area contributed by atoms with E-state index in [1.54, 1.807) is 6.08 Å². The van der Waals surface area contributed by atoms with Crippen LogP contribution in [0.3, 0.4) is 0 Å². The van der Waals surface area contributed by atoms with Crippen molar-refractivity contribution in [3.63, 3.8) is 0 Å². The van der Waals surface area contributed by atoms with Gasteiger partial charge in [-0.3, -0.25) is 9.59 Å². The Hall–Kier alpha value is -1.40. The normalized spacial score (nSPS) is 12.5. The molecule has 2 atom stereocenters. The average Bonchev–Trinajstić information content (AvgIpc) is 3.49. The Labute approximate surface area is 520 Å². The maximum atomic E-state index is 12.5. The molecule has 0 aliphatic rings. The third-order valence-corrected chi connectivity index (χ3v) is 18.3. The van der Waals surface area contributed by atoms with Crippen molar-refractivity contribution >= 4 is 11.9 Å². The molecule has 1 amide bonds. The third-order valence-electron chi connectivity index (χ3n) is 18.3. The summed E-state index contributed by atoms with van der Waals surface area (Å²) in [5.74, 6) is -0.0354. The highest BCUT2D eigenvalue weighted by atomic mass is 16.5. The number of aliphatic hydroxyl groups excluding tert-OH is 2. The van der Waals surface area contributed by atoms with E-state index in [1.165, 1.54) is 379 Å². The SMILES string of the molecule is CCCCCCCCCCCCCCCCCCCCCC/C=C/C(O)C(CO)NC(=O)CCCCCCCCCCCCCCCCCCCCCCCCCCCCCCCCCOC(=O)CCCCCCCCCCCCCCC. The summed E-state index contributed by atoms with van der Waals surface area (Å²) in [7, 11) is 0. The highest BCUT2D eigenvalue weighted by molar-refractivity contribution is 5.76. The molecule has 2 unspecified atom stereocenters. The van der Waals surface area contributed by atoms with Gasteiger partial charge in [0.05, 0.1) is 25.4 Å². The fourth-order valence-electron chi connectivity index (χ4n) is 12.5. The second-order valence-corrected chi connectivity index (χ2v) is 26.7. The molecule has 0 bridgehead atoms. The summed E-state index contributed by atoms with van der Waals surface area (Å²) >= 11 is 0. The molecule has 0 aromatic carbocycles. The van der Waals surface area contributed by atoms with E-state index in [4.69, 9.17) is 4.74 Å². The Morgan fingerprint density at radius 2 is 0.554 bits per heavy atom. The molecular weight excluding hydrogens is 1020 g/mol. The van der Waals surface area contributed by atoms with Crippen LogP contribution in [0.1, 0.15) is 444 Å². The van der Waals surface area contributed by atoms with Crippen LogP contribution in [-0.4, -0.2) is 47.4 Å². The minimum Gasteiger partial charge on any atom is -0.466 e. The van der Waals surface area contributed by atoms with Gasteiger partial charge in [0.25, 0.3) is 0 Å². The lowest BCUT2D eigenvalue weighted by Gasteiger charge is -2.20. The molecule has 0 fully saturated rings. The molecule has 6 nitrogen and oxygen atoms in total. The number of hydrogen-bond donors (Lipinski definition) is 3. The number of carbonyl (C=O) groups is 2. The summed E-state index contributed by atoms with van der Waals surface area (Å²) in [5, 5.41) is 23.3. The highest BCUT2D eigenvalue weighted by Gasteiger charge is 2.18. The third kappa shape index (κ3) is 69.6. The fourth-order valence-corrected chi connectivity index (χ4v) is 12.5. The van der Waals surface area contributed by atoms with Crippen molar-refractivity contribution in [1.29, 1.82) is 0 Å². The topological polar surface area (TPSA) is 95.9 Å². The Kier molecular flexibility index (Phi) is 71.8. The number of nitrogens with one attached hydrogen (secondary N) is 1. The zero-order chi connectivity index (χ0) is 59.9. The van der Waals surface area contributed by atoms with Gasteiger partial charge in [-0.2, -0.15) is 0 Å². The number of hydrogen-bond acceptors (Lipinski definition) is 5. The van der Waals surface area contributed by atoms with Gasteiger partial charge >= 0.3 is 5.97 Å². The lowest BCUT2D eigenvalue weighted by molar-refractivity contribution is -0.143. The van der Waals surface area contributed by atoms with Crippen LogP contribution in [0.4, 0.5) is 0 Å². The van der Waals surface area contributed by atoms with E-state index in [1.807, 2.05) is 6.08 Å². The lowest BCUT2D eigenvalue weighted by Crippen LogP contribution is -2.45. The molecular formula is C77H151NO5. The molecule has 83 heavy (non-hydrogen) atoms. The predicted octanol–water partition coefficient (Wildman–Crippen LogP) is 25.1. The van der Waals surface area contributed by atoms with Crippen LogP contribution in [-0.2, 0) is 14.3 Å². The maximum absolute atomic E-state index is 12.5. The van der Waals surface area contributed by atoms with Crippen LogP contribution in [0, 0.1) is 0 Å². The standard InChI is InChI=1S/C77H151NO5/c1-3-5-7-9-11-13-15-17-18-19-20-21-33-36-39-42-46-49-53-57-61-65-69-75(80)74(73-79)78-76(81)70-66-62-58-54-50-47-43-40-37-34-31-29-27-25-23-22-24-26-28-30-32-35-38-41-44-48-52-56-60-64-68-72-83-77(82)71-67-63-59-55-51-45-16-14-12-10-8-6-4-2/h65,69,74-75,79-80H,3-64,66-68,70-73H2,1-2H3,(H,78,81)/b69-65+. The molecule has 0 radical (unpaired) electrons. The number of allylic oxidation sites excluding steroid dienone is 1. The number of esters is 1. The van der Waals surface area contributed by atoms with Crippen LogP contribution in [0.25, 0.3) is 0 Å². The van der Waals surface area contributed by atoms with Gasteiger partial charge in [-0.25, -0.2) is 0 Å².